The van der Waals surface area contributed by atoms with Crippen molar-refractivity contribution in [2.75, 3.05) is 5.73 Å². The highest BCUT2D eigenvalue weighted by Gasteiger charge is 2.13. The summed E-state index contributed by atoms with van der Waals surface area (Å²) in [5, 5.41) is 5.27. The molecular formula is C13H11IN4O. The zero-order chi connectivity index (χ0) is 13.4. The molecule has 6 heteroatoms. The number of nitrogens with zero attached hydrogens (tertiary/aromatic N) is 3. The van der Waals surface area contributed by atoms with Crippen molar-refractivity contribution in [1.82, 2.24) is 14.8 Å². The molecule has 96 valence electrons. The van der Waals surface area contributed by atoms with Crippen molar-refractivity contribution in [2.45, 2.75) is 0 Å². The first-order valence-corrected chi connectivity index (χ1v) is 6.73. The first-order chi connectivity index (χ1) is 9.15. The van der Waals surface area contributed by atoms with Gasteiger partial charge in [-0.15, -0.1) is 0 Å². The lowest BCUT2D eigenvalue weighted by Crippen LogP contribution is -1.92. The lowest BCUT2D eigenvalue weighted by Gasteiger charge is -2.07. The lowest BCUT2D eigenvalue weighted by molar-refractivity contribution is 0.488. The van der Waals surface area contributed by atoms with E-state index in [1.165, 1.54) is 0 Å². The van der Waals surface area contributed by atoms with Gasteiger partial charge in [-0.1, -0.05) is 0 Å². The lowest BCUT2D eigenvalue weighted by atomic mass is 10.3. The van der Waals surface area contributed by atoms with Gasteiger partial charge in [0.05, 0.1) is 5.39 Å². The Kier molecular flexibility index (Phi) is 3.02. The van der Waals surface area contributed by atoms with Crippen molar-refractivity contribution >= 4 is 39.3 Å². The summed E-state index contributed by atoms with van der Waals surface area (Å²) >= 11 is 2.18. The molecule has 5 nitrogen and oxygen atoms in total. The van der Waals surface area contributed by atoms with E-state index in [9.17, 15) is 0 Å². The molecule has 0 aliphatic rings. The Hall–Kier alpha value is -1.83. The van der Waals surface area contributed by atoms with Crippen LogP contribution in [0.25, 0.3) is 11.0 Å². The molecule has 0 unspecified atom stereocenters. The Morgan fingerprint density at radius 3 is 2.68 bits per heavy atom. The minimum absolute atomic E-state index is 0.711. The third-order valence-electron chi connectivity index (χ3n) is 2.75. The third-order valence-corrected chi connectivity index (χ3v) is 3.51. The average molecular weight is 366 g/mol. The van der Waals surface area contributed by atoms with E-state index >= 15 is 0 Å². The van der Waals surface area contributed by atoms with Crippen molar-refractivity contribution in [2.24, 2.45) is 7.05 Å². The zero-order valence-corrected chi connectivity index (χ0v) is 12.3. The number of ether oxygens (including phenoxy) is 1. The Morgan fingerprint density at radius 2 is 1.95 bits per heavy atom. The Morgan fingerprint density at radius 1 is 1.21 bits per heavy atom. The summed E-state index contributed by atoms with van der Waals surface area (Å²) in [6, 6.07) is 9.13. The summed E-state index contributed by atoms with van der Waals surface area (Å²) < 4.78 is 8.50. The van der Waals surface area contributed by atoms with E-state index in [1.54, 1.807) is 10.9 Å². The van der Waals surface area contributed by atoms with Gasteiger partial charge in [0, 0.05) is 25.0 Å². The molecule has 2 N–H and O–H groups in total. The molecule has 2 heterocycles. The van der Waals surface area contributed by atoms with E-state index in [0.29, 0.717) is 5.69 Å². The molecule has 0 fully saturated rings. The van der Waals surface area contributed by atoms with Crippen molar-refractivity contribution < 1.29 is 4.74 Å². The smallest absolute Gasteiger partial charge is 0.162 e. The molecule has 0 atom stereocenters. The Balaban J connectivity index is 2.08. The van der Waals surface area contributed by atoms with E-state index in [-0.39, 0.29) is 0 Å². The second-order valence-corrected chi connectivity index (χ2v) is 5.12. The molecule has 0 bridgehead atoms. The second-order valence-electron chi connectivity index (χ2n) is 4.09. The van der Waals surface area contributed by atoms with Crippen molar-refractivity contribution in [3.05, 3.63) is 40.2 Å². The number of hydrogen-bond donors (Lipinski definition) is 1. The minimum Gasteiger partial charge on any atom is -0.456 e. The fourth-order valence-corrected chi connectivity index (χ4v) is 2.68. The summed E-state index contributed by atoms with van der Waals surface area (Å²) in [7, 11) is 1.87. The summed E-state index contributed by atoms with van der Waals surface area (Å²) in [5.74, 6) is 1.48. The van der Waals surface area contributed by atoms with Crippen LogP contribution >= 0.6 is 22.6 Å². The number of aryl methyl sites for hydroxylation is 1. The van der Waals surface area contributed by atoms with E-state index in [4.69, 9.17) is 10.5 Å². The predicted molar refractivity (Wildman–Crippen MR) is 82.2 cm³/mol. The van der Waals surface area contributed by atoms with Crippen LogP contribution in [-0.2, 0) is 7.05 Å². The van der Waals surface area contributed by atoms with Gasteiger partial charge in [-0.25, -0.2) is 9.67 Å². The molecule has 0 amide bonds. The molecule has 0 saturated heterocycles. The van der Waals surface area contributed by atoms with Crippen molar-refractivity contribution in [1.29, 1.82) is 0 Å². The first kappa shape index (κ1) is 12.2. The fraction of sp³-hybridized carbons (Fsp3) is 0.0769. The number of fused-ring (bicyclic) bond motifs is 1. The van der Waals surface area contributed by atoms with Gasteiger partial charge in [0.2, 0.25) is 0 Å². The van der Waals surface area contributed by atoms with Crippen LogP contribution in [0.15, 0.2) is 36.5 Å². The molecule has 3 aromatic rings. The molecular weight excluding hydrogens is 355 g/mol. The quantitative estimate of drug-likeness (QED) is 0.560. The highest BCUT2D eigenvalue weighted by molar-refractivity contribution is 14.1. The Labute approximate surface area is 123 Å². The first-order valence-electron chi connectivity index (χ1n) is 5.66. The van der Waals surface area contributed by atoms with Gasteiger partial charge in [-0.3, -0.25) is 0 Å². The number of rotatable bonds is 2. The number of halogens is 1. The molecule has 1 aromatic carbocycles. The maximum Gasteiger partial charge on any atom is 0.162 e. The molecule has 0 saturated carbocycles. The molecule has 19 heavy (non-hydrogen) atoms. The van der Waals surface area contributed by atoms with Crippen LogP contribution in [-0.4, -0.2) is 14.8 Å². The molecule has 0 radical (unpaired) electrons. The summed E-state index contributed by atoms with van der Waals surface area (Å²) in [6.07, 6.45) is 1.72. The number of aromatic nitrogens is 3. The van der Waals surface area contributed by atoms with Gasteiger partial charge in [0.15, 0.2) is 5.65 Å². The van der Waals surface area contributed by atoms with Gasteiger partial charge in [-0.05, 0) is 46.9 Å². The van der Waals surface area contributed by atoms with E-state index < -0.39 is 0 Å². The number of nitrogen functional groups attached to an aromatic ring is 1. The van der Waals surface area contributed by atoms with Crippen LogP contribution in [0, 0.1) is 3.70 Å². The maximum absolute atomic E-state index is 5.89. The van der Waals surface area contributed by atoms with E-state index in [1.807, 2.05) is 37.4 Å². The molecule has 0 spiro atoms. The van der Waals surface area contributed by atoms with Crippen molar-refractivity contribution in [3.63, 3.8) is 0 Å². The van der Waals surface area contributed by atoms with Crippen LogP contribution in [0.4, 0.5) is 5.69 Å². The standard InChI is InChI=1S/C13H11IN4O/c1-18-13-11(12(14)17-18)10(6-7-16-13)19-9-4-2-8(15)3-5-9/h2-7H,15H2,1H3. The fourth-order valence-electron chi connectivity index (χ4n) is 1.85. The monoisotopic (exact) mass is 366 g/mol. The third kappa shape index (κ3) is 2.23. The van der Waals surface area contributed by atoms with Crippen LogP contribution in [0.1, 0.15) is 0 Å². The van der Waals surface area contributed by atoms with Crippen LogP contribution < -0.4 is 10.5 Å². The van der Waals surface area contributed by atoms with E-state index in [0.717, 1.165) is 26.2 Å². The number of nitrogens with two attached hydrogens (primary N) is 1. The normalized spacial score (nSPS) is 10.8. The van der Waals surface area contributed by atoms with Crippen LogP contribution in [0.5, 0.6) is 11.5 Å². The van der Waals surface area contributed by atoms with Gasteiger partial charge in [-0.2, -0.15) is 5.10 Å². The summed E-state index contributed by atoms with van der Waals surface area (Å²) in [4.78, 5) is 4.31. The molecule has 0 aliphatic carbocycles. The second kappa shape index (κ2) is 4.69. The predicted octanol–water partition coefficient (Wildman–Crippen LogP) is 2.95. The number of benzene rings is 1. The topological polar surface area (TPSA) is 66.0 Å². The van der Waals surface area contributed by atoms with Gasteiger partial charge < -0.3 is 10.5 Å². The van der Waals surface area contributed by atoms with Crippen molar-refractivity contribution in [3.8, 4) is 11.5 Å². The van der Waals surface area contributed by atoms with E-state index in [2.05, 4.69) is 32.7 Å². The molecule has 0 aliphatic heterocycles. The summed E-state index contributed by atoms with van der Waals surface area (Å²) in [6.45, 7) is 0. The SMILES string of the molecule is Cn1nc(I)c2c(Oc3ccc(N)cc3)ccnc21. The zero-order valence-electron chi connectivity index (χ0n) is 10.2. The molecule has 2 aromatic heterocycles. The average Bonchev–Trinajstić information content (AvgIpc) is 2.69. The van der Waals surface area contributed by atoms with Gasteiger partial charge in [0.1, 0.15) is 15.2 Å². The summed E-state index contributed by atoms with van der Waals surface area (Å²) in [5.41, 5.74) is 7.17. The highest BCUT2D eigenvalue weighted by Crippen LogP contribution is 2.31. The number of anilines is 1. The van der Waals surface area contributed by atoms with Crippen LogP contribution in [0.3, 0.4) is 0 Å². The number of hydrogen-bond acceptors (Lipinski definition) is 4. The Bertz CT molecular complexity index is 736. The maximum atomic E-state index is 5.89. The van der Waals surface area contributed by atoms with Crippen LogP contribution in [0.2, 0.25) is 0 Å². The van der Waals surface area contributed by atoms with Gasteiger partial charge >= 0.3 is 0 Å². The molecule has 3 rings (SSSR count). The van der Waals surface area contributed by atoms with Gasteiger partial charge in [0.25, 0.3) is 0 Å². The highest BCUT2D eigenvalue weighted by atomic mass is 127. The number of pyridine rings is 1. The largest absolute Gasteiger partial charge is 0.456 e. The minimum atomic E-state index is 0.711.